The van der Waals surface area contributed by atoms with Crippen LogP contribution in [-0.2, 0) is 6.42 Å². The van der Waals surface area contributed by atoms with E-state index >= 15 is 0 Å². The molecule has 0 aromatic heterocycles. The maximum atomic E-state index is 12.2. The van der Waals surface area contributed by atoms with Gasteiger partial charge in [-0.3, -0.25) is 4.79 Å². The lowest BCUT2D eigenvalue weighted by Crippen LogP contribution is -2.27. The third-order valence-corrected chi connectivity index (χ3v) is 3.21. The van der Waals surface area contributed by atoms with Crippen molar-refractivity contribution in [1.29, 1.82) is 0 Å². The van der Waals surface area contributed by atoms with Crippen LogP contribution in [0.15, 0.2) is 24.3 Å². The van der Waals surface area contributed by atoms with E-state index in [0.717, 1.165) is 37.9 Å². The van der Waals surface area contributed by atoms with Gasteiger partial charge in [0.25, 0.3) is 5.91 Å². The maximum Gasteiger partial charge on any atom is 0.253 e. The third-order valence-electron chi connectivity index (χ3n) is 3.21. The van der Waals surface area contributed by atoms with Gasteiger partial charge in [-0.15, -0.1) is 0 Å². The monoisotopic (exact) mass is 231 g/mol. The highest BCUT2D eigenvalue weighted by molar-refractivity contribution is 5.94. The van der Waals surface area contributed by atoms with Crippen LogP contribution in [0.4, 0.5) is 0 Å². The Hall–Kier alpha value is -1.31. The second-order valence-corrected chi connectivity index (χ2v) is 5.30. The number of amides is 1. The van der Waals surface area contributed by atoms with E-state index in [9.17, 15) is 4.79 Å². The number of likely N-dealkylation sites (tertiary alicyclic amines) is 1. The lowest BCUT2D eigenvalue weighted by molar-refractivity contribution is 0.0792. The summed E-state index contributed by atoms with van der Waals surface area (Å²) in [7, 11) is 0. The van der Waals surface area contributed by atoms with Crippen molar-refractivity contribution in [3.8, 4) is 0 Å². The van der Waals surface area contributed by atoms with Gasteiger partial charge in [-0.05, 0) is 42.9 Å². The van der Waals surface area contributed by atoms with Gasteiger partial charge < -0.3 is 4.90 Å². The lowest BCUT2D eigenvalue weighted by Gasteiger charge is -2.16. The zero-order valence-corrected chi connectivity index (χ0v) is 10.8. The average Bonchev–Trinajstić information content (AvgIpc) is 2.81. The first-order chi connectivity index (χ1) is 8.16. The standard InChI is InChI=1S/C15H21NO/c1-12(2)10-13-6-5-7-14(11-13)15(17)16-8-3-4-9-16/h5-7,11-12H,3-4,8-10H2,1-2H3. The Morgan fingerprint density at radius 1 is 1.29 bits per heavy atom. The van der Waals surface area contributed by atoms with Crippen LogP contribution in [0.5, 0.6) is 0 Å². The SMILES string of the molecule is CC(C)Cc1cccc(C(=O)N2CCCC2)c1. The Bertz CT molecular complexity index is 392. The van der Waals surface area contributed by atoms with E-state index in [1.165, 1.54) is 5.56 Å². The fraction of sp³-hybridized carbons (Fsp3) is 0.533. The van der Waals surface area contributed by atoms with Crippen LogP contribution >= 0.6 is 0 Å². The van der Waals surface area contributed by atoms with Crippen molar-refractivity contribution in [1.82, 2.24) is 4.90 Å². The highest BCUT2D eigenvalue weighted by Crippen LogP contribution is 2.15. The predicted octanol–water partition coefficient (Wildman–Crippen LogP) is 3.12. The number of rotatable bonds is 3. The van der Waals surface area contributed by atoms with Crippen LogP contribution in [0.3, 0.4) is 0 Å². The molecule has 1 aromatic carbocycles. The molecule has 92 valence electrons. The van der Waals surface area contributed by atoms with Crippen LogP contribution < -0.4 is 0 Å². The molecule has 0 aliphatic carbocycles. The Kier molecular flexibility index (Phi) is 3.82. The average molecular weight is 231 g/mol. The molecule has 1 fully saturated rings. The molecule has 1 aliphatic rings. The molecule has 2 nitrogen and oxygen atoms in total. The molecule has 17 heavy (non-hydrogen) atoms. The Morgan fingerprint density at radius 3 is 2.65 bits per heavy atom. The van der Waals surface area contributed by atoms with E-state index in [1.54, 1.807) is 0 Å². The minimum atomic E-state index is 0.202. The molecule has 0 unspecified atom stereocenters. The zero-order chi connectivity index (χ0) is 12.3. The van der Waals surface area contributed by atoms with Crippen LogP contribution in [0, 0.1) is 5.92 Å². The van der Waals surface area contributed by atoms with Crippen LogP contribution in [0.25, 0.3) is 0 Å². The van der Waals surface area contributed by atoms with Gasteiger partial charge in [-0.25, -0.2) is 0 Å². The Labute approximate surface area is 104 Å². The van der Waals surface area contributed by atoms with Crippen molar-refractivity contribution in [2.24, 2.45) is 5.92 Å². The van der Waals surface area contributed by atoms with Crippen molar-refractivity contribution < 1.29 is 4.79 Å². The molecule has 1 amide bonds. The second-order valence-electron chi connectivity index (χ2n) is 5.30. The molecule has 0 bridgehead atoms. The van der Waals surface area contributed by atoms with Crippen molar-refractivity contribution in [2.45, 2.75) is 33.1 Å². The molecule has 1 aromatic rings. The molecule has 0 N–H and O–H groups in total. The topological polar surface area (TPSA) is 20.3 Å². The molecule has 0 saturated carbocycles. The third kappa shape index (κ3) is 3.09. The van der Waals surface area contributed by atoms with Gasteiger partial charge in [-0.1, -0.05) is 26.0 Å². The summed E-state index contributed by atoms with van der Waals surface area (Å²) in [5, 5.41) is 0. The van der Waals surface area contributed by atoms with Crippen molar-refractivity contribution >= 4 is 5.91 Å². The second kappa shape index (κ2) is 5.35. The Balaban J connectivity index is 2.12. The summed E-state index contributed by atoms with van der Waals surface area (Å²) < 4.78 is 0. The molecule has 1 heterocycles. The molecule has 2 rings (SSSR count). The van der Waals surface area contributed by atoms with Gasteiger partial charge in [-0.2, -0.15) is 0 Å². The maximum absolute atomic E-state index is 12.2. The number of benzene rings is 1. The van der Waals surface area contributed by atoms with E-state index in [0.29, 0.717) is 5.92 Å². The summed E-state index contributed by atoms with van der Waals surface area (Å²) in [4.78, 5) is 14.2. The predicted molar refractivity (Wildman–Crippen MR) is 70.1 cm³/mol. The summed E-state index contributed by atoms with van der Waals surface area (Å²) in [6.45, 7) is 6.25. The first kappa shape index (κ1) is 12.2. The van der Waals surface area contributed by atoms with E-state index in [1.807, 2.05) is 17.0 Å². The molecule has 0 atom stereocenters. The minimum Gasteiger partial charge on any atom is -0.339 e. The van der Waals surface area contributed by atoms with Crippen LogP contribution in [0.1, 0.15) is 42.6 Å². The van der Waals surface area contributed by atoms with Gasteiger partial charge >= 0.3 is 0 Å². The van der Waals surface area contributed by atoms with E-state index in [2.05, 4.69) is 26.0 Å². The van der Waals surface area contributed by atoms with Crippen molar-refractivity contribution in [2.75, 3.05) is 13.1 Å². The molecule has 2 heteroatoms. The fourth-order valence-corrected chi connectivity index (χ4v) is 2.41. The van der Waals surface area contributed by atoms with Crippen LogP contribution in [0.2, 0.25) is 0 Å². The molecule has 0 spiro atoms. The van der Waals surface area contributed by atoms with E-state index in [4.69, 9.17) is 0 Å². The highest BCUT2D eigenvalue weighted by atomic mass is 16.2. The molecule has 0 radical (unpaired) electrons. The van der Waals surface area contributed by atoms with Crippen LogP contribution in [-0.4, -0.2) is 23.9 Å². The molecular weight excluding hydrogens is 210 g/mol. The van der Waals surface area contributed by atoms with Gasteiger partial charge in [0, 0.05) is 18.7 Å². The highest BCUT2D eigenvalue weighted by Gasteiger charge is 2.19. The lowest BCUT2D eigenvalue weighted by atomic mass is 10.0. The first-order valence-corrected chi connectivity index (χ1v) is 6.55. The van der Waals surface area contributed by atoms with Gasteiger partial charge in [0.05, 0.1) is 0 Å². The van der Waals surface area contributed by atoms with Gasteiger partial charge in [0.1, 0.15) is 0 Å². The first-order valence-electron chi connectivity index (χ1n) is 6.55. The normalized spacial score (nSPS) is 15.6. The quantitative estimate of drug-likeness (QED) is 0.782. The smallest absolute Gasteiger partial charge is 0.253 e. The Morgan fingerprint density at radius 2 is 2.00 bits per heavy atom. The number of nitrogens with zero attached hydrogens (tertiary/aromatic N) is 1. The minimum absolute atomic E-state index is 0.202. The summed E-state index contributed by atoms with van der Waals surface area (Å²) in [6.07, 6.45) is 3.34. The van der Waals surface area contributed by atoms with Gasteiger partial charge in [0.2, 0.25) is 0 Å². The largest absolute Gasteiger partial charge is 0.339 e. The summed E-state index contributed by atoms with van der Waals surface area (Å²) >= 11 is 0. The van der Waals surface area contributed by atoms with E-state index < -0.39 is 0 Å². The summed E-state index contributed by atoms with van der Waals surface area (Å²) in [6, 6.07) is 8.10. The number of carbonyl (C=O) groups is 1. The summed E-state index contributed by atoms with van der Waals surface area (Å²) in [5.74, 6) is 0.834. The number of hydrogen-bond acceptors (Lipinski definition) is 1. The zero-order valence-electron chi connectivity index (χ0n) is 10.8. The van der Waals surface area contributed by atoms with Crippen molar-refractivity contribution in [3.63, 3.8) is 0 Å². The van der Waals surface area contributed by atoms with Gasteiger partial charge in [0.15, 0.2) is 0 Å². The number of carbonyl (C=O) groups excluding carboxylic acids is 1. The molecular formula is C15H21NO. The molecule has 1 saturated heterocycles. The number of hydrogen-bond donors (Lipinski definition) is 0. The van der Waals surface area contributed by atoms with Crippen molar-refractivity contribution in [3.05, 3.63) is 35.4 Å². The summed E-state index contributed by atoms with van der Waals surface area (Å²) in [5.41, 5.74) is 2.12. The fourth-order valence-electron chi connectivity index (χ4n) is 2.41. The molecule has 1 aliphatic heterocycles. The van der Waals surface area contributed by atoms with E-state index in [-0.39, 0.29) is 5.91 Å².